The van der Waals surface area contributed by atoms with Crippen LogP contribution < -0.4 is 0 Å². The van der Waals surface area contributed by atoms with Crippen LogP contribution in [0.15, 0.2) is 18.3 Å². The molecule has 1 heterocycles. The highest BCUT2D eigenvalue weighted by molar-refractivity contribution is 5.84. The van der Waals surface area contributed by atoms with Gasteiger partial charge >= 0.3 is 0 Å². The Morgan fingerprint density at radius 1 is 1.38 bits per heavy atom. The monoisotopic (exact) mass is 294 g/mol. The Balaban J connectivity index is 2.28. The Hall–Kier alpha value is -1.91. The molecule has 1 unspecified atom stereocenters. The normalized spacial score (nSPS) is 12.6. The minimum Gasteiger partial charge on any atom is -0.361 e. The van der Waals surface area contributed by atoms with E-state index >= 15 is 0 Å². The van der Waals surface area contributed by atoms with Crippen LogP contribution in [-0.4, -0.2) is 29.4 Å². The third-order valence-corrected chi connectivity index (χ3v) is 4.01. The molecule has 2 rings (SSSR count). The molecule has 0 bridgehead atoms. The van der Waals surface area contributed by atoms with Gasteiger partial charge in [0.1, 0.15) is 11.6 Å². The molecular weight excluding hydrogens is 274 g/mol. The van der Waals surface area contributed by atoms with Gasteiger partial charge in [-0.25, -0.2) is 8.78 Å². The lowest BCUT2D eigenvalue weighted by Gasteiger charge is -2.20. The number of hydrogen-bond acceptors (Lipinski definition) is 1. The Bertz CT molecular complexity index is 651. The van der Waals surface area contributed by atoms with Crippen LogP contribution in [0, 0.1) is 11.6 Å². The zero-order valence-corrected chi connectivity index (χ0v) is 12.5. The van der Waals surface area contributed by atoms with E-state index in [1.807, 2.05) is 6.92 Å². The van der Waals surface area contributed by atoms with Crippen LogP contribution >= 0.6 is 0 Å². The molecule has 3 nitrogen and oxygen atoms in total. The zero-order chi connectivity index (χ0) is 15.6. The molecule has 1 aromatic heterocycles. The second-order valence-corrected chi connectivity index (χ2v) is 5.39. The molecule has 1 atom stereocenters. The molecule has 5 heteroatoms. The number of rotatable bonds is 5. The van der Waals surface area contributed by atoms with Gasteiger partial charge < -0.3 is 9.88 Å². The van der Waals surface area contributed by atoms with Gasteiger partial charge in [-0.05, 0) is 30.4 Å². The average Bonchev–Trinajstić information content (AvgIpc) is 2.83. The average molecular weight is 294 g/mol. The van der Waals surface area contributed by atoms with E-state index in [1.54, 1.807) is 18.1 Å². The molecule has 0 fully saturated rings. The first-order chi connectivity index (χ1) is 9.93. The largest absolute Gasteiger partial charge is 0.361 e. The fourth-order valence-corrected chi connectivity index (χ4v) is 2.62. The van der Waals surface area contributed by atoms with Crippen molar-refractivity contribution in [2.45, 2.75) is 32.6 Å². The van der Waals surface area contributed by atoms with E-state index in [9.17, 15) is 13.6 Å². The number of carbonyl (C=O) groups is 1. The maximum Gasteiger partial charge on any atom is 0.219 e. The molecule has 0 aliphatic rings. The van der Waals surface area contributed by atoms with E-state index in [0.717, 1.165) is 24.5 Å². The number of aromatic amines is 1. The summed E-state index contributed by atoms with van der Waals surface area (Å²) in [6, 6.07) is 2.21. The lowest BCUT2D eigenvalue weighted by molar-refractivity contribution is -0.127. The fourth-order valence-electron chi connectivity index (χ4n) is 2.62. The third-order valence-electron chi connectivity index (χ3n) is 4.01. The summed E-state index contributed by atoms with van der Waals surface area (Å²) in [5.74, 6) is -0.991. The molecule has 0 saturated heterocycles. The van der Waals surface area contributed by atoms with Crippen molar-refractivity contribution in [3.8, 4) is 0 Å². The molecule has 2 aromatic rings. The quantitative estimate of drug-likeness (QED) is 0.894. The van der Waals surface area contributed by atoms with Crippen molar-refractivity contribution in [2.24, 2.45) is 0 Å². The zero-order valence-electron chi connectivity index (χ0n) is 12.5. The number of nitrogens with zero attached hydrogens (tertiary/aromatic N) is 1. The first-order valence-corrected chi connectivity index (χ1v) is 7.11. The number of aromatic nitrogens is 1. The van der Waals surface area contributed by atoms with E-state index < -0.39 is 11.6 Å². The van der Waals surface area contributed by atoms with Crippen LogP contribution in [0.3, 0.4) is 0 Å². The predicted octanol–water partition coefficient (Wildman–Crippen LogP) is 3.81. The van der Waals surface area contributed by atoms with Crippen LogP contribution in [-0.2, 0) is 4.79 Å². The summed E-state index contributed by atoms with van der Waals surface area (Å²) >= 11 is 0. The van der Waals surface area contributed by atoms with Crippen LogP contribution in [0.4, 0.5) is 8.78 Å². The number of halogens is 2. The van der Waals surface area contributed by atoms with Crippen LogP contribution in [0.2, 0.25) is 0 Å². The highest BCUT2D eigenvalue weighted by Gasteiger charge is 2.18. The molecule has 114 valence electrons. The van der Waals surface area contributed by atoms with Gasteiger partial charge in [0.15, 0.2) is 0 Å². The van der Waals surface area contributed by atoms with E-state index in [-0.39, 0.29) is 11.8 Å². The van der Waals surface area contributed by atoms with Gasteiger partial charge in [0.2, 0.25) is 5.91 Å². The minimum atomic E-state index is -0.585. The van der Waals surface area contributed by atoms with Crippen LogP contribution in [0.25, 0.3) is 10.9 Å². The van der Waals surface area contributed by atoms with Crippen molar-refractivity contribution in [1.29, 1.82) is 0 Å². The van der Waals surface area contributed by atoms with Gasteiger partial charge in [-0.2, -0.15) is 0 Å². The molecule has 1 aromatic carbocycles. The van der Waals surface area contributed by atoms with Gasteiger partial charge in [0.05, 0.1) is 5.52 Å². The standard InChI is InChI=1S/C16H20F2N2O/c1-4-11(5-6-20(3)10(2)21)13-9-19-15-8-12(17)7-14(18)16(13)15/h7-9,11,19H,4-6H2,1-3H3. The van der Waals surface area contributed by atoms with Gasteiger partial charge in [-0.1, -0.05) is 6.92 Å². The first kappa shape index (κ1) is 15.5. The van der Waals surface area contributed by atoms with Gasteiger partial charge in [0, 0.05) is 38.2 Å². The topological polar surface area (TPSA) is 36.1 Å². The number of H-pyrrole nitrogens is 1. The second-order valence-electron chi connectivity index (χ2n) is 5.39. The SMILES string of the molecule is CCC(CCN(C)C(C)=O)c1c[nH]c2cc(F)cc(F)c12. The van der Waals surface area contributed by atoms with Crippen LogP contribution in [0.1, 0.15) is 38.2 Å². The number of benzene rings is 1. The molecule has 0 saturated carbocycles. The summed E-state index contributed by atoms with van der Waals surface area (Å²) in [7, 11) is 1.75. The fraction of sp³-hybridized carbons (Fsp3) is 0.438. The smallest absolute Gasteiger partial charge is 0.219 e. The van der Waals surface area contributed by atoms with Crippen molar-refractivity contribution < 1.29 is 13.6 Å². The number of nitrogens with one attached hydrogen (secondary N) is 1. The molecule has 21 heavy (non-hydrogen) atoms. The predicted molar refractivity (Wildman–Crippen MR) is 79.2 cm³/mol. The van der Waals surface area contributed by atoms with Crippen molar-refractivity contribution in [1.82, 2.24) is 9.88 Å². The van der Waals surface area contributed by atoms with E-state index in [4.69, 9.17) is 0 Å². The van der Waals surface area contributed by atoms with Crippen molar-refractivity contribution >= 4 is 16.8 Å². The highest BCUT2D eigenvalue weighted by atomic mass is 19.1. The molecule has 0 radical (unpaired) electrons. The van der Waals surface area contributed by atoms with Crippen LogP contribution in [0.5, 0.6) is 0 Å². The lowest BCUT2D eigenvalue weighted by atomic mass is 9.92. The number of fused-ring (bicyclic) bond motifs is 1. The van der Waals surface area contributed by atoms with Gasteiger partial charge in [-0.3, -0.25) is 4.79 Å². The summed E-state index contributed by atoms with van der Waals surface area (Å²) in [6.07, 6.45) is 3.32. The van der Waals surface area contributed by atoms with E-state index in [0.29, 0.717) is 17.4 Å². The lowest BCUT2D eigenvalue weighted by Crippen LogP contribution is -2.26. The number of hydrogen-bond donors (Lipinski definition) is 1. The molecule has 0 aliphatic carbocycles. The summed E-state index contributed by atoms with van der Waals surface area (Å²) in [5.41, 5.74) is 1.32. The van der Waals surface area contributed by atoms with E-state index in [1.165, 1.54) is 13.0 Å². The summed E-state index contributed by atoms with van der Waals surface area (Å²) in [6.45, 7) is 4.16. The molecule has 0 aliphatic heterocycles. The molecule has 1 N–H and O–H groups in total. The Morgan fingerprint density at radius 2 is 2.10 bits per heavy atom. The minimum absolute atomic E-state index is 0.0111. The number of amides is 1. The Kier molecular flexibility index (Phi) is 4.60. The third kappa shape index (κ3) is 3.23. The maximum atomic E-state index is 14.0. The summed E-state index contributed by atoms with van der Waals surface area (Å²) < 4.78 is 27.3. The number of carbonyl (C=O) groups excluding carboxylic acids is 1. The Labute approximate surface area is 122 Å². The summed E-state index contributed by atoms with van der Waals surface area (Å²) in [5, 5.41) is 0.453. The molecule has 0 spiro atoms. The maximum absolute atomic E-state index is 14.0. The molecular formula is C16H20F2N2O. The summed E-state index contributed by atoms with van der Waals surface area (Å²) in [4.78, 5) is 15.8. The highest BCUT2D eigenvalue weighted by Crippen LogP contribution is 2.32. The molecule has 1 amide bonds. The van der Waals surface area contributed by atoms with Gasteiger partial charge in [0.25, 0.3) is 0 Å². The van der Waals surface area contributed by atoms with Crippen molar-refractivity contribution in [2.75, 3.05) is 13.6 Å². The van der Waals surface area contributed by atoms with E-state index in [2.05, 4.69) is 4.98 Å². The Morgan fingerprint density at radius 3 is 2.71 bits per heavy atom. The van der Waals surface area contributed by atoms with Gasteiger partial charge in [-0.15, -0.1) is 0 Å². The first-order valence-electron chi connectivity index (χ1n) is 7.11. The van der Waals surface area contributed by atoms with Crippen molar-refractivity contribution in [3.05, 3.63) is 35.5 Å². The second kappa shape index (κ2) is 6.24. The van der Waals surface area contributed by atoms with Crippen molar-refractivity contribution in [3.63, 3.8) is 0 Å².